The van der Waals surface area contributed by atoms with E-state index >= 15 is 0 Å². The smallest absolute Gasteiger partial charge is 0.115 e. The van der Waals surface area contributed by atoms with Crippen LogP contribution in [0.25, 0.3) is 0 Å². The van der Waals surface area contributed by atoms with Gasteiger partial charge in [-0.05, 0) is 30.7 Å². The van der Waals surface area contributed by atoms with Crippen LogP contribution >= 0.6 is 0 Å². The lowest BCUT2D eigenvalue weighted by Crippen LogP contribution is -2.46. The molecule has 0 aliphatic carbocycles. The highest BCUT2D eigenvalue weighted by molar-refractivity contribution is 5.50. The highest BCUT2D eigenvalue weighted by atomic mass is 16.3. The molecule has 15 heavy (non-hydrogen) atoms. The molecule has 1 aromatic rings. The van der Waals surface area contributed by atoms with Gasteiger partial charge in [0.2, 0.25) is 0 Å². The third-order valence-corrected chi connectivity index (χ3v) is 2.92. The number of benzene rings is 1. The second-order valence-electron chi connectivity index (χ2n) is 4.21. The summed E-state index contributed by atoms with van der Waals surface area (Å²) in [5, 5.41) is 18.3. The van der Waals surface area contributed by atoms with E-state index in [1.807, 2.05) is 12.1 Å². The number of nitrogens with zero attached hydrogens (tertiary/aromatic N) is 1. The van der Waals surface area contributed by atoms with E-state index < -0.39 is 5.54 Å². The highest BCUT2D eigenvalue weighted by Gasteiger charge is 2.33. The van der Waals surface area contributed by atoms with E-state index in [-0.39, 0.29) is 12.4 Å². The number of phenolic OH excluding ortho intramolecular Hbond substituents is 1. The maximum atomic E-state index is 9.17. The van der Waals surface area contributed by atoms with Gasteiger partial charge in [0.15, 0.2) is 0 Å². The van der Waals surface area contributed by atoms with Gasteiger partial charge >= 0.3 is 0 Å². The molecule has 2 rings (SSSR count). The molecule has 1 atom stereocenters. The predicted molar refractivity (Wildman–Crippen MR) is 58.9 cm³/mol. The van der Waals surface area contributed by atoms with Gasteiger partial charge in [0, 0.05) is 18.8 Å². The first-order valence-electron chi connectivity index (χ1n) is 5.07. The van der Waals surface area contributed by atoms with E-state index in [9.17, 15) is 0 Å². The van der Waals surface area contributed by atoms with Crippen molar-refractivity contribution in [1.82, 2.24) is 0 Å². The van der Waals surface area contributed by atoms with Crippen LogP contribution in [-0.2, 0) is 0 Å². The van der Waals surface area contributed by atoms with Crippen molar-refractivity contribution in [2.75, 3.05) is 24.6 Å². The van der Waals surface area contributed by atoms with Gasteiger partial charge in [-0.2, -0.15) is 0 Å². The molecule has 82 valence electrons. The average Bonchev–Trinajstić information content (AvgIpc) is 2.63. The quantitative estimate of drug-likeness (QED) is 0.653. The molecule has 4 heteroatoms. The SMILES string of the molecule is NC1(CO)CCN(c2ccc(O)cc2)C1. The zero-order valence-corrected chi connectivity index (χ0v) is 8.56. The second kappa shape index (κ2) is 3.72. The molecule has 1 fully saturated rings. The maximum absolute atomic E-state index is 9.17. The zero-order chi connectivity index (χ0) is 10.9. The van der Waals surface area contributed by atoms with E-state index in [0.717, 1.165) is 18.7 Å². The van der Waals surface area contributed by atoms with Crippen LogP contribution in [0.1, 0.15) is 6.42 Å². The van der Waals surface area contributed by atoms with Gasteiger partial charge in [0.1, 0.15) is 5.75 Å². The molecule has 4 N–H and O–H groups in total. The molecule has 1 aliphatic rings. The third kappa shape index (κ3) is 2.06. The van der Waals surface area contributed by atoms with Crippen molar-refractivity contribution < 1.29 is 10.2 Å². The summed E-state index contributed by atoms with van der Waals surface area (Å²) in [6.45, 7) is 1.53. The summed E-state index contributed by atoms with van der Waals surface area (Å²) < 4.78 is 0. The Kier molecular flexibility index (Phi) is 2.54. The minimum Gasteiger partial charge on any atom is -0.508 e. The Morgan fingerprint density at radius 3 is 2.53 bits per heavy atom. The molecule has 1 heterocycles. The minimum atomic E-state index is -0.474. The predicted octanol–water partition coefficient (Wildman–Crippen LogP) is 0.292. The number of nitrogens with two attached hydrogens (primary N) is 1. The third-order valence-electron chi connectivity index (χ3n) is 2.92. The van der Waals surface area contributed by atoms with Crippen molar-refractivity contribution in [3.8, 4) is 5.75 Å². The lowest BCUT2D eigenvalue weighted by Gasteiger charge is -2.23. The lowest BCUT2D eigenvalue weighted by molar-refractivity contribution is 0.210. The number of phenols is 1. The summed E-state index contributed by atoms with van der Waals surface area (Å²) >= 11 is 0. The van der Waals surface area contributed by atoms with Crippen LogP contribution < -0.4 is 10.6 Å². The van der Waals surface area contributed by atoms with Crippen LogP contribution in [0.4, 0.5) is 5.69 Å². The molecule has 0 aromatic heterocycles. The second-order valence-corrected chi connectivity index (χ2v) is 4.21. The van der Waals surface area contributed by atoms with Crippen LogP contribution in [0.3, 0.4) is 0 Å². The zero-order valence-electron chi connectivity index (χ0n) is 8.56. The van der Waals surface area contributed by atoms with E-state index in [1.54, 1.807) is 12.1 Å². The van der Waals surface area contributed by atoms with Crippen molar-refractivity contribution >= 4 is 5.69 Å². The number of anilines is 1. The van der Waals surface area contributed by atoms with E-state index in [4.69, 9.17) is 15.9 Å². The number of aliphatic hydroxyl groups excluding tert-OH is 1. The Labute approximate surface area is 88.9 Å². The van der Waals surface area contributed by atoms with Crippen molar-refractivity contribution in [2.45, 2.75) is 12.0 Å². The topological polar surface area (TPSA) is 69.7 Å². The number of aromatic hydroxyl groups is 1. The van der Waals surface area contributed by atoms with E-state index in [1.165, 1.54) is 0 Å². The summed E-state index contributed by atoms with van der Waals surface area (Å²) in [5.41, 5.74) is 6.54. The fourth-order valence-corrected chi connectivity index (χ4v) is 1.91. The Bertz CT molecular complexity index is 339. The van der Waals surface area contributed by atoms with Gasteiger partial charge < -0.3 is 20.8 Å². The largest absolute Gasteiger partial charge is 0.508 e. The summed E-state index contributed by atoms with van der Waals surface area (Å²) in [4.78, 5) is 2.12. The van der Waals surface area contributed by atoms with Crippen molar-refractivity contribution in [2.24, 2.45) is 5.73 Å². The Morgan fingerprint density at radius 2 is 2.00 bits per heavy atom. The number of hydrogen-bond acceptors (Lipinski definition) is 4. The summed E-state index contributed by atoms with van der Waals surface area (Å²) in [6, 6.07) is 7.03. The number of hydrogen-bond donors (Lipinski definition) is 3. The van der Waals surface area contributed by atoms with Gasteiger partial charge in [-0.15, -0.1) is 0 Å². The van der Waals surface area contributed by atoms with Gasteiger partial charge in [-0.1, -0.05) is 0 Å². The molecule has 0 bridgehead atoms. The molecule has 1 saturated heterocycles. The monoisotopic (exact) mass is 208 g/mol. The number of rotatable bonds is 2. The van der Waals surface area contributed by atoms with Crippen LogP contribution in [0, 0.1) is 0 Å². The highest BCUT2D eigenvalue weighted by Crippen LogP contribution is 2.26. The molecular weight excluding hydrogens is 192 g/mol. The van der Waals surface area contributed by atoms with Gasteiger partial charge in [-0.25, -0.2) is 0 Å². The minimum absolute atomic E-state index is 0.0155. The summed E-state index contributed by atoms with van der Waals surface area (Å²) in [6.07, 6.45) is 0.796. The molecule has 1 aromatic carbocycles. The van der Waals surface area contributed by atoms with Gasteiger partial charge in [-0.3, -0.25) is 0 Å². The van der Waals surface area contributed by atoms with Crippen LogP contribution in [-0.4, -0.2) is 35.4 Å². The van der Waals surface area contributed by atoms with Gasteiger partial charge in [0.05, 0.1) is 12.1 Å². The van der Waals surface area contributed by atoms with Gasteiger partial charge in [0.25, 0.3) is 0 Å². The molecular formula is C11H16N2O2. The summed E-state index contributed by atoms with van der Waals surface area (Å²) in [5.74, 6) is 0.263. The Balaban J connectivity index is 2.11. The molecule has 0 amide bonds. The van der Waals surface area contributed by atoms with Crippen molar-refractivity contribution in [1.29, 1.82) is 0 Å². The normalized spacial score (nSPS) is 25.9. The average molecular weight is 208 g/mol. The molecule has 4 nitrogen and oxygen atoms in total. The molecule has 1 unspecified atom stereocenters. The van der Waals surface area contributed by atoms with Crippen LogP contribution in [0.15, 0.2) is 24.3 Å². The summed E-state index contributed by atoms with van der Waals surface area (Å²) in [7, 11) is 0. The molecule has 0 radical (unpaired) electrons. The Morgan fingerprint density at radius 1 is 1.33 bits per heavy atom. The first kappa shape index (κ1) is 10.3. The first-order chi connectivity index (χ1) is 7.13. The van der Waals surface area contributed by atoms with Crippen LogP contribution in [0.5, 0.6) is 5.75 Å². The maximum Gasteiger partial charge on any atom is 0.115 e. The fraction of sp³-hybridized carbons (Fsp3) is 0.455. The standard InChI is InChI=1S/C11H16N2O2/c12-11(8-14)5-6-13(7-11)9-1-3-10(15)4-2-9/h1-4,14-15H,5-8,12H2. The van der Waals surface area contributed by atoms with E-state index in [2.05, 4.69) is 4.90 Å². The van der Waals surface area contributed by atoms with Crippen LogP contribution in [0.2, 0.25) is 0 Å². The molecule has 0 spiro atoms. The number of aliphatic hydroxyl groups is 1. The molecule has 1 aliphatic heterocycles. The lowest BCUT2D eigenvalue weighted by atomic mass is 10.0. The first-order valence-corrected chi connectivity index (χ1v) is 5.07. The Hall–Kier alpha value is -1.26. The molecule has 0 saturated carbocycles. The fourth-order valence-electron chi connectivity index (χ4n) is 1.91. The van der Waals surface area contributed by atoms with Crippen molar-refractivity contribution in [3.05, 3.63) is 24.3 Å². The van der Waals surface area contributed by atoms with E-state index in [0.29, 0.717) is 6.54 Å². The van der Waals surface area contributed by atoms with Crippen molar-refractivity contribution in [3.63, 3.8) is 0 Å².